The van der Waals surface area contributed by atoms with Crippen molar-refractivity contribution in [1.82, 2.24) is 15.2 Å². The van der Waals surface area contributed by atoms with Gasteiger partial charge in [-0.2, -0.15) is 23.3 Å². The van der Waals surface area contributed by atoms with Gasteiger partial charge in [0.2, 0.25) is 5.95 Å². The molecular formula is C17H12ClF4N5. The average Bonchev–Trinajstić information content (AvgIpc) is 2.62. The van der Waals surface area contributed by atoms with Crippen LogP contribution in [0.15, 0.2) is 48.7 Å². The molecule has 0 atom stereocenters. The molecule has 0 unspecified atom stereocenters. The Hall–Kier alpha value is -2.94. The molecule has 0 fully saturated rings. The third kappa shape index (κ3) is 5.04. The monoisotopic (exact) mass is 397 g/mol. The van der Waals surface area contributed by atoms with Crippen molar-refractivity contribution >= 4 is 29.1 Å². The number of rotatable bonds is 5. The van der Waals surface area contributed by atoms with Gasteiger partial charge in [-0.1, -0.05) is 23.7 Å². The van der Waals surface area contributed by atoms with E-state index in [0.717, 1.165) is 23.8 Å². The van der Waals surface area contributed by atoms with Gasteiger partial charge in [0, 0.05) is 6.54 Å². The first-order valence-corrected chi connectivity index (χ1v) is 8.01. The van der Waals surface area contributed by atoms with Crippen molar-refractivity contribution in [3.8, 4) is 0 Å². The fraction of sp³-hybridized carbons (Fsp3) is 0.118. The van der Waals surface area contributed by atoms with Crippen molar-refractivity contribution < 1.29 is 17.6 Å². The first-order valence-electron chi connectivity index (χ1n) is 7.63. The first-order chi connectivity index (χ1) is 12.8. The molecule has 0 saturated heterocycles. The summed E-state index contributed by atoms with van der Waals surface area (Å²) in [5, 5.41) is 13.2. The van der Waals surface area contributed by atoms with Crippen LogP contribution in [0.3, 0.4) is 0 Å². The summed E-state index contributed by atoms with van der Waals surface area (Å²) in [6.07, 6.45) is -3.24. The van der Waals surface area contributed by atoms with E-state index in [1.807, 2.05) is 0 Å². The van der Waals surface area contributed by atoms with E-state index in [-0.39, 0.29) is 28.3 Å². The summed E-state index contributed by atoms with van der Waals surface area (Å²) < 4.78 is 51.4. The molecule has 0 amide bonds. The molecule has 2 N–H and O–H groups in total. The van der Waals surface area contributed by atoms with Crippen LogP contribution in [0.4, 0.5) is 35.0 Å². The van der Waals surface area contributed by atoms with E-state index in [2.05, 4.69) is 25.8 Å². The molecule has 0 spiro atoms. The number of nitrogens with zero attached hydrogens (tertiary/aromatic N) is 3. The van der Waals surface area contributed by atoms with Gasteiger partial charge < -0.3 is 10.6 Å². The second-order valence-electron chi connectivity index (χ2n) is 5.46. The van der Waals surface area contributed by atoms with Crippen LogP contribution in [0, 0.1) is 5.82 Å². The van der Waals surface area contributed by atoms with E-state index in [9.17, 15) is 17.6 Å². The number of aromatic nitrogens is 3. The lowest BCUT2D eigenvalue weighted by Gasteiger charge is -2.12. The Morgan fingerprint density at radius 3 is 2.48 bits per heavy atom. The summed E-state index contributed by atoms with van der Waals surface area (Å²) in [5.74, 6) is -0.0407. The normalized spacial score (nSPS) is 11.3. The minimum absolute atomic E-state index is 0.0384. The Bertz CT molecular complexity index is 931. The lowest BCUT2D eigenvalue weighted by molar-refractivity contribution is -0.137. The summed E-state index contributed by atoms with van der Waals surface area (Å²) in [6.45, 7) is 0.315. The van der Waals surface area contributed by atoms with Gasteiger partial charge in [-0.05, 0) is 35.9 Å². The SMILES string of the molecule is Fc1ccc(CNc2nncc(Nc3cc(C(F)(F)F)ccc3Cl)n2)cc1. The van der Waals surface area contributed by atoms with Gasteiger partial charge in [0.1, 0.15) is 5.82 Å². The van der Waals surface area contributed by atoms with Gasteiger partial charge in [-0.15, -0.1) is 5.10 Å². The van der Waals surface area contributed by atoms with Crippen LogP contribution in [0.2, 0.25) is 5.02 Å². The van der Waals surface area contributed by atoms with E-state index >= 15 is 0 Å². The van der Waals surface area contributed by atoms with Gasteiger partial charge in [0.05, 0.1) is 22.5 Å². The van der Waals surface area contributed by atoms with E-state index in [1.54, 1.807) is 12.1 Å². The highest BCUT2D eigenvalue weighted by atomic mass is 35.5. The Morgan fingerprint density at radius 1 is 1.04 bits per heavy atom. The topological polar surface area (TPSA) is 62.7 Å². The highest BCUT2D eigenvalue weighted by Crippen LogP contribution is 2.34. The third-order valence-electron chi connectivity index (χ3n) is 3.48. The van der Waals surface area contributed by atoms with E-state index < -0.39 is 11.7 Å². The van der Waals surface area contributed by atoms with Gasteiger partial charge >= 0.3 is 6.18 Å². The zero-order valence-electron chi connectivity index (χ0n) is 13.6. The predicted octanol–water partition coefficient (Wildman–Crippen LogP) is 5.04. The molecule has 0 aliphatic rings. The molecule has 5 nitrogen and oxygen atoms in total. The first kappa shape index (κ1) is 18.8. The minimum Gasteiger partial charge on any atom is -0.349 e. The van der Waals surface area contributed by atoms with Gasteiger partial charge in [-0.3, -0.25) is 0 Å². The lowest BCUT2D eigenvalue weighted by Crippen LogP contribution is -2.08. The quantitative estimate of drug-likeness (QED) is 0.591. The number of hydrogen-bond donors (Lipinski definition) is 2. The number of anilines is 3. The number of benzene rings is 2. The van der Waals surface area contributed by atoms with Crippen LogP contribution in [-0.4, -0.2) is 15.2 Å². The Balaban J connectivity index is 1.73. The maximum absolute atomic E-state index is 12.9. The minimum atomic E-state index is -4.49. The molecule has 0 saturated carbocycles. The van der Waals surface area contributed by atoms with Crippen LogP contribution in [-0.2, 0) is 12.7 Å². The summed E-state index contributed by atoms with van der Waals surface area (Å²) in [5.41, 5.74) is -0.0122. The molecule has 3 aromatic rings. The summed E-state index contributed by atoms with van der Waals surface area (Å²) in [6, 6.07) is 8.76. The summed E-state index contributed by atoms with van der Waals surface area (Å²) >= 11 is 5.95. The molecule has 0 aliphatic heterocycles. The largest absolute Gasteiger partial charge is 0.416 e. The smallest absolute Gasteiger partial charge is 0.349 e. The van der Waals surface area contributed by atoms with Crippen LogP contribution >= 0.6 is 11.6 Å². The van der Waals surface area contributed by atoms with Crippen molar-refractivity contribution in [2.24, 2.45) is 0 Å². The van der Waals surface area contributed by atoms with E-state index in [4.69, 9.17) is 11.6 Å². The summed E-state index contributed by atoms with van der Waals surface area (Å²) in [7, 11) is 0. The fourth-order valence-corrected chi connectivity index (χ4v) is 2.32. The molecule has 140 valence electrons. The van der Waals surface area contributed by atoms with E-state index in [0.29, 0.717) is 6.54 Å². The number of halogens is 5. The highest BCUT2D eigenvalue weighted by Gasteiger charge is 2.31. The van der Waals surface area contributed by atoms with Crippen molar-refractivity contribution in [2.45, 2.75) is 12.7 Å². The van der Waals surface area contributed by atoms with Crippen LogP contribution < -0.4 is 10.6 Å². The molecule has 27 heavy (non-hydrogen) atoms. The molecule has 0 bridgehead atoms. The van der Waals surface area contributed by atoms with Crippen LogP contribution in [0.1, 0.15) is 11.1 Å². The molecular weight excluding hydrogens is 386 g/mol. The average molecular weight is 398 g/mol. The van der Waals surface area contributed by atoms with Crippen molar-refractivity contribution in [1.29, 1.82) is 0 Å². The molecule has 2 aromatic carbocycles. The predicted molar refractivity (Wildman–Crippen MR) is 93.3 cm³/mol. The van der Waals surface area contributed by atoms with Gasteiger partial charge in [-0.25, -0.2) is 4.39 Å². The Morgan fingerprint density at radius 2 is 1.78 bits per heavy atom. The highest BCUT2D eigenvalue weighted by molar-refractivity contribution is 6.33. The third-order valence-corrected chi connectivity index (χ3v) is 3.81. The number of hydrogen-bond acceptors (Lipinski definition) is 5. The van der Waals surface area contributed by atoms with Crippen molar-refractivity contribution in [2.75, 3.05) is 10.6 Å². The Kier molecular flexibility index (Phi) is 5.41. The van der Waals surface area contributed by atoms with E-state index in [1.165, 1.54) is 18.3 Å². The zero-order chi connectivity index (χ0) is 19.4. The Labute approximate surface area is 156 Å². The number of nitrogens with one attached hydrogen (secondary N) is 2. The van der Waals surface area contributed by atoms with Crippen LogP contribution in [0.25, 0.3) is 0 Å². The second kappa shape index (κ2) is 7.75. The molecule has 0 aliphatic carbocycles. The summed E-state index contributed by atoms with van der Waals surface area (Å²) in [4.78, 5) is 4.12. The number of alkyl halides is 3. The van der Waals surface area contributed by atoms with Gasteiger partial charge in [0.25, 0.3) is 0 Å². The lowest BCUT2D eigenvalue weighted by atomic mass is 10.2. The fourth-order valence-electron chi connectivity index (χ4n) is 2.16. The van der Waals surface area contributed by atoms with Crippen molar-refractivity contribution in [3.05, 3.63) is 70.6 Å². The molecule has 1 heterocycles. The molecule has 1 aromatic heterocycles. The van der Waals surface area contributed by atoms with Crippen LogP contribution in [0.5, 0.6) is 0 Å². The molecule has 10 heteroatoms. The van der Waals surface area contributed by atoms with Crippen molar-refractivity contribution in [3.63, 3.8) is 0 Å². The molecule has 3 rings (SSSR count). The zero-order valence-corrected chi connectivity index (χ0v) is 14.3. The second-order valence-corrected chi connectivity index (χ2v) is 5.87. The standard InChI is InChI=1S/C17H12ClF4N5/c18-13-6-3-11(17(20,21)22)7-14(13)25-15-9-24-27-16(26-15)23-8-10-1-4-12(19)5-2-10/h1-7,9H,8H2,(H2,23,25,26,27). The maximum atomic E-state index is 12.9. The van der Waals surface area contributed by atoms with Gasteiger partial charge in [0.15, 0.2) is 5.82 Å². The molecule has 0 radical (unpaired) electrons. The maximum Gasteiger partial charge on any atom is 0.416 e.